The second-order valence-electron chi connectivity index (χ2n) is 5.03. The molecule has 3 nitrogen and oxygen atoms in total. The van der Waals surface area contributed by atoms with Gasteiger partial charge in [0.15, 0.2) is 9.84 Å². The lowest BCUT2D eigenvalue weighted by atomic mass is 10.2. The fraction of sp³-hybridized carbons (Fsp3) is 1.00. The van der Waals surface area contributed by atoms with Gasteiger partial charge in [-0.3, -0.25) is 0 Å². The highest BCUT2D eigenvalue weighted by Crippen LogP contribution is 2.27. The maximum atomic E-state index is 12.1. The number of hydrogen-bond donors (Lipinski definition) is 1. The molecule has 3 unspecified atom stereocenters. The van der Waals surface area contributed by atoms with Crippen molar-refractivity contribution in [2.45, 2.75) is 57.7 Å². The Morgan fingerprint density at radius 1 is 1.31 bits per heavy atom. The van der Waals surface area contributed by atoms with E-state index in [-0.39, 0.29) is 5.25 Å². The van der Waals surface area contributed by atoms with E-state index in [0.29, 0.717) is 17.7 Å². The van der Waals surface area contributed by atoms with Crippen LogP contribution in [0.3, 0.4) is 0 Å². The summed E-state index contributed by atoms with van der Waals surface area (Å²) in [6.45, 7) is 7.08. The Kier molecular flexibility index (Phi) is 5.25. The van der Waals surface area contributed by atoms with Crippen LogP contribution < -0.4 is 5.32 Å². The van der Waals surface area contributed by atoms with E-state index in [9.17, 15) is 8.42 Å². The first kappa shape index (κ1) is 14.0. The molecule has 0 bridgehead atoms. The molecular formula is C12H25NO2S. The van der Waals surface area contributed by atoms with E-state index in [2.05, 4.69) is 19.2 Å². The minimum atomic E-state index is -2.86. The van der Waals surface area contributed by atoms with E-state index in [1.54, 1.807) is 0 Å². The highest BCUT2D eigenvalue weighted by atomic mass is 32.2. The molecule has 0 aromatic heterocycles. The maximum Gasteiger partial charge on any atom is 0.153 e. The van der Waals surface area contributed by atoms with Crippen LogP contribution in [0, 0.1) is 5.92 Å². The minimum absolute atomic E-state index is 0.0921. The summed E-state index contributed by atoms with van der Waals surface area (Å²) in [6.07, 6.45) is 3.61. The highest BCUT2D eigenvalue weighted by Gasteiger charge is 2.34. The van der Waals surface area contributed by atoms with Gasteiger partial charge < -0.3 is 5.32 Å². The molecule has 3 atom stereocenters. The van der Waals surface area contributed by atoms with Crippen molar-refractivity contribution in [3.8, 4) is 0 Å². The number of rotatable bonds is 6. The molecule has 0 amide bonds. The summed E-state index contributed by atoms with van der Waals surface area (Å²) in [5.74, 6) is 0.663. The summed E-state index contributed by atoms with van der Waals surface area (Å²) in [5, 5.41) is 3.26. The SMILES string of the molecule is CCNC1CCC(S(=O)(=O)CC(C)CC)C1. The Morgan fingerprint density at radius 3 is 2.56 bits per heavy atom. The van der Waals surface area contributed by atoms with Crippen LogP contribution in [0.15, 0.2) is 0 Å². The Balaban J connectivity index is 2.52. The number of sulfone groups is 1. The molecule has 0 aromatic rings. The van der Waals surface area contributed by atoms with Crippen molar-refractivity contribution in [1.29, 1.82) is 0 Å². The van der Waals surface area contributed by atoms with Crippen LogP contribution in [-0.4, -0.2) is 32.0 Å². The first-order valence-electron chi connectivity index (χ1n) is 6.44. The predicted molar refractivity (Wildman–Crippen MR) is 68.3 cm³/mol. The van der Waals surface area contributed by atoms with Gasteiger partial charge in [0.1, 0.15) is 0 Å². The van der Waals surface area contributed by atoms with E-state index in [1.165, 1.54) is 0 Å². The van der Waals surface area contributed by atoms with Crippen molar-refractivity contribution in [2.24, 2.45) is 5.92 Å². The number of nitrogens with one attached hydrogen (secondary N) is 1. The Bertz CT molecular complexity index is 300. The first-order valence-corrected chi connectivity index (χ1v) is 8.16. The Hall–Kier alpha value is -0.0900. The molecule has 0 aliphatic heterocycles. The lowest BCUT2D eigenvalue weighted by Gasteiger charge is -2.15. The van der Waals surface area contributed by atoms with Gasteiger partial charge in [0, 0.05) is 6.04 Å². The second kappa shape index (κ2) is 6.01. The molecule has 0 heterocycles. The summed E-state index contributed by atoms with van der Waals surface area (Å²) in [6, 6.07) is 0.418. The van der Waals surface area contributed by atoms with Gasteiger partial charge in [-0.2, -0.15) is 0 Å². The quantitative estimate of drug-likeness (QED) is 0.780. The fourth-order valence-corrected chi connectivity index (χ4v) is 4.71. The van der Waals surface area contributed by atoms with E-state index in [4.69, 9.17) is 0 Å². The summed E-state index contributed by atoms with van der Waals surface area (Å²) < 4.78 is 24.2. The molecule has 0 saturated heterocycles. The Morgan fingerprint density at radius 2 is 2.00 bits per heavy atom. The summed E-state index contributed by atoms with van der Waals surface area (Å²) in [5.41, 5.74) is 0. The van der Waals surface area contributed by atoms with Gasteiger partial charge in [0.25, 0.3) is 0 Å². The van der Waals surface area contributed by atoms with E-state index in [1.807, 2.05) is 6.92 Å². The van der Waals surface area contributed by atoms with Gasteiger partial charge in [-0.1, -0.05) is 27.2 Å². The van der Waals surface area contributed by atoms with E-state index < -0.39 is 9.84 Å². The molecular weight excluding hydrogens is 222 g/mol. The number of hydrogen-bond acceptors (Lipinski definition) is 3. The van der Waals surface area contributed by atoms with Gasteiger partial charge in [-0.05, 0) is 31.7 Å². The predicted octanol–water partition coefficient (Wildman–Crippen LogP) is 1.98. The largest absolute Gasteiger partial charge is 0.314 e. The molecule has 96 valence electrons. The van der Waals surface area contributed by atoms with Crippen molar-refractivity contribution >= 4 is 9.84 Å². The van der Waals surface area contributed by atoms with E-state index >= 15 is 0 Å². The lowest BCUT2D eigenvalue weighted by molar-refractivity contribution is 0.531. The van der Waals surface area contributed by atoms with Crippen LogP contribution in [0.5, 0.6) is 0 Å². The van der Waals surface area contributed by atoms with Gasteiger partial charge in [0.05, 0.1) is 11.0 Å². The molecule has 1 rings (SSSR count). The molecule has 0 spiro atoms. The van der Waals surface area contributed by atoms with Crippen molar-refractivity contribution < 1.29 is 8.42 Å². The average Bonchev–Trinajstić information content (AvgIpc) is 2.67. The summed E-state index contributed by atoms with van der Waals surface area (Å²) in [7, 11) is -2.86. The van der Waals surface area contributed by atoms with Crippen molar-refractivity contribution in [2.75, 3.05) is 12.3 Å². The molecule has 1 aliphatic carbocycles. The van der Waals surface area contributed by atoms with Crippen LogP contribution in [-0.2, 0) is 9.84 Å². The molecule has 1 saturated carbocycles. The third-order valence-corrected chi connectivity index (χ3v) is 6.08. The second-order valence-corrected chi connectivity index (χ2v) is 7.36. The molecule has 1 N–H and O–H groups in total. The van der Waals surface area contributed by atoms with Crippen molar-refractivity contribution in [3.63, 3.8) is 0 Å². The Labute approximate surface area is 99.9 Å². The molecule has 16 heavy (non-hydrogen) atoms. The molecule has 0 aromatic carbocycles. The minimum Gasteiger partial charge on any atom is -0.314 e. The fourth-order valence-electron chi connectivity index (χ4n) is 2.39. The highest BCUT2D eigenvalue weighted by molar-refractivity contribution is 7.92. The average molecular weight is 247 g/mol. The zero-order chi connectivity index (χ0) is 12.2. The molecule has 0 radical (unpaired) electrons. The topological polar surface area (TPSA) is 46.2 Å². The third-order valence-electron chi connectivity index (χ3n) is 3.60. The molecule has 4 heteroatoms. The van der Waals surface area contributed by atoms with Gasteiger partial charge in [-0.25, -0.2) is 8.42 Å². The summed E-state index contributed by atoms with van der Waals surface area (Å²) >= 11 is 0. The van der Waals surface area contributed by atoms with Crippen molar-refractivity contribution in [3.05, 3.63) is 0 Å². The standard InChI is InChI=1S/C12H25NO2S/c1-4-10(3)9-16(14,15)12-7-6-11(8-12)13-5-2/h10-13H,4-9H2,1-3H3. The van der Waals surface area contributed by atoms with Crippen LogP contribution in [0.2, 0.25) is 0 Å². The van der Waals surface area contributed by atoms with Gasteiger partial charge in [-0.15, -0.1) is 0 Å². The smallest absolute Gasteiger partial charge is 0.153 e. The van der Waals surface area contributed by atoms with Crippen LogP contribution >= 0.6 is 0 Å². The van der Waals surface area contributed by atoms with Crippen molar-refractivity contribution in [1.82, 2.24) is 5.32 Å². The normalized spacial score (nSPS) is 28.2. The monoisotopic (exact) mass is 247 g/mol. The molecule has 1 aliphatic rings. The van der Waals surface area contributed by atoms with E-state index in [0.717, 1.165) is 32.2 Å². The van der Waals surface area contributed by atoms with Crippen LogP contribution in [0.4, 0.5) is 0 Å². The zero-order valence-electron chi connectivity index (χ0n) is 10.7. The molecule has 1 fully saturated rings. The van der Waals surface area contributed by atoms with Gasteiger partial charge >= 0.3 is 0 Å². The van der Waals surface area contributed by atoms with Crippen LogP contribution in [0.25, 0.3) is 0 Å². The van der Waals surface area contributed by atoms with Gasteiger partial charge in [0.2, 0.25) is 0 Å². The first-order chi connectivity index (χ1) is 7.49. The lowest BCUT2D eigenvalue weighted by Crippen LogP contribution is -2.29. The maximum absolute atomic E-state index is 12.1. The zero-order valence-corrected chi connectivity index (χ0v) is 11.5. The summed E-state index contributed by atoms with van der Waals surface area (Å²) in [4.78, 5) is 0. The third kappa shape index (κ3) is 3.74. The van der Waals surface area contributed by atoms with Crippen LogP contribution in [0.1, 0.15) is 46.5 Å².